The lowest BCUT2D eigenvalue weighted by atomic mass is 10.2. The van der Waals surface area contributed by atoms with Gasteiger partial charge in [0, 0.05) is 27.9 Å². The van der Waals surface area contributed by atoms with Crippen LogP contribution in [-0.2, 0) is 0 Å². The maximum absolute atomic E-state index is 13.6. The van der Waals surface area contributed by atoms with Crippen LogP contribution in [0.1, 0.15) is 24.2 Å². The molecule has 0 aliphatic heterocycles. The zero-order valence-corrected chi connectivity index (χ0v) is 19.4. The molecule has 0 fully saturated rings. The number of carboxylic acid groups (broad SMARTS) is 1. The van der Waals surface area contributed by atoms with E-state index in [2.05, 4.69) is 27.2 Å². The molecule has 7 nitrogen and oxygen atoms in total. The van der Waals surface area contributed by atoms with Crippen LogP contribution in [0.5, 0.6) is 0 Å². The van der Waals surface area contributed by atoms with Crippen molar-refractivity contribution in [2.24, 2.45) is 0 Å². The van der Waals surface area contributed by atoms with Gasteiger partial charge in [-0.25, -0.2) is 14.0 Å². The fourth-order valence-electron chi connectivity index (χ4n) is 2.81. The van der Waals surface area contributed by atoms with Crippen LogP contribution >= 0.6 is 11.8 Å². The summed E-state index contributed by atoms with van der Waals surface area (Å²) in [5.41, 5.74) is 2.71. The van der Waals surface area contributed by atoms with Crippen molar-refractivity contribution < 1.29 is 19.1 Å². The van der Waals surface area contributed by atoms with Crippen molar-refractivity contribution in [3.05, 3.63) is 96.2 Å². The number of pyridine rings is 1. The molecule has 174 valence electrons. The number of aromatic carboxylic acids is 1. The highest BCUT2D eigenvalue weighted by Crippen LogP contribution is 2.30. The molecule has 0 radical (unpaired) electrons. The molecule has 34 heavy (non-hydrogen) atoms. The van der Waals surface area contributed by atoms with Crippen molar-refractivity contribution in [2.75, 3.05) is 5.32 Å². The maximum atomic E-state index is 13.6. The van der Waals surface area contributed by atoms with E-state index in [0.29, 0.717) is 17.1 Å². The minimum Gasteiger partial charge on any atom is -0.478 e. The second-order valence-electron chi connectivity index (χ2n) is 7.19. The summed E-state index contributed by atoms with van der Waals surface area (Å²) in [6, 6.07) is 11.8. The Labute approximate surface area is 200 Å². The number of rotatable bonds is 8. The van der Waals surface area contributed by atoms with Gasteiger partial charge in [-0.2, -0.15) is 0 Å². The lowest BCUT2D eigenvalue weighted by Gasteiger charge is -2.10. The molecule has 0 bridgehead atoms. The number of aromatic amines is 1. The molecule has 3 aromatic rings. The van der Waals surface area contributed by atoms with Crippen molar-refractivity contribution in [3.63, 3.8) is 0 Å². The molecule has 4 N–H and O–H groups in total. The van der Waals surface area contributed by atoms with Crippen molar-refractivity contribution >= 4 is 29.4 Å². The van der Waals surface area contributed by atoms with Gasteiger partial charge in [0.25, 0.3) is 0 Å². The molecule has 0 aliphatic rings. The first-order chi connectivity index (χ1) is 16.2. The molecule has 2 aromatic heterocycles. The average Bonchev–Trinajstić information content (AvgIpc) is 3.31. The Morgan fingerprint density at radius 1 is 1.18 bits per heavy atom. The number of benzene rings is 1. The number of nitrogens with zero attached hydrogens (tertiary/aromatic N) is 1. The lowest BCUT2D eigenvalue weighted by Crippen LogP contribution is -2.28. The van der Waals surface area contributed by atoms with Crippen LogP contribution in [0.25, 0.3) is 11.4 Å². The highest BCUT2D eigenvalue weighted by Gasteiger charge is 2.10. The van der Waals surface area contributed by atoms with E-state index in [4.69, 9.17) is 5.11 Å². The average molecular weight is 479 g/mol. The van der Waals surface area contributed by atoms with E-state index in [1.54, 1.807) is 31.3 Å². The van der Waals surface area contributed by atoms with Crippen molar-refractivity contribution in [3.8, 4) is 11.4 Å². The molecule has 2 amide bonds. The van der Waals surface area contributed by atoms with Gasteiger partial charge in [0.1, 0.15) is 5.83 Å². The van der Waals surface area contributed by atoms with Crippen LogP contribution < -0.4 is 10.6 Å². The Bertz CT molecular complexity index is 1280. The van der Waals surface area contributed by atoms with Gasteiger partial charge in [-0.1, -0.05) is 30.0 Å². The van der Waals surface area contributed by atoms with Crippen LogP contribution in [0.3, 0.4) is 0 Å². The molecule has 0 saturated heterocycles. The number of halogens is 1. The number of aromatic nitrogens is 2. The van der Waals surface area contributed by atoms with E-state index in [0.717, 1.165) is 15.4 Å². The fraction of sp³-hybridized carbons (Fsp3) is 0.0800. The van der Waals surface area contributed by atoms with Crippen LogP contribution in [0.2, 0.25) is 0 Å². The number of carboxylic acids is 1. The molecular formula is C25H23FN4O3S. The molecule has 0 aliphatic carbocycles. The van der Waals surface area contributed by atoms with Crippen LogP contribution in [-0.4, -0.2) is 27.1 Å². The zero-order chi connectivity index (χ0) is 24.7. The SMILES string of the molecule is C=C(F)/C(=C\C(C)=C/C)NC(=O)Nc1ccc(Sc2ccnc(-c3cc(C(=O)O)c[nH]3)c2)cc1. The zero-order valence-electron chi connectivity index (χ0n) is 18.6. The number of amides is 2. The highest BCUT2D eigenvalue weighted by molar-refractivity contribution is 7.99. The number of H-pyrrole nitrogens is 1. The smallest absolute Gasteiger partial charge is 0.337 e. The number of anilines is 1. The quantitative estimate of drug-likeness (QED) is 0.281. The van der Waals surface area contributed by atoms with Gasteiger partial charge >= 0.3 is 12.0 Å². The maximum Gasteiger partial charge on any atom is 0.337 e. The number of nitrogens with one attached hydrogen (secondary N) is 3. The normalized spacial score (nSPS) is 11.7. The summed E-state index contributed by atoms with van der Waals surface area (Å²) in [4.78, 5) is 32.4. The predicted molar refractivity (Wildman–Crippen MR) is 131 cm³/mol. The van der Waals surface area contributed by atoms with Crippen LogP contribution in [0.15, 0.2) is 100 Å². The largest absolute Gasteiger partial charge is 0.478 e. The standard InChI is InChI=1S/C25H23FN4O3S/c1-4-15(2)11-21(16(3)26)30-25(33)29-18-5-7-19(8-6-18)34-20-9-10-27-23(13-20)22-12-17(14-28-22)24(31)32/h4-14,28H,3H2,1-2H3,(H,31,32)(H2,29,30,33)/b15-4-,21-11+. The number of carbonyl (C=O) groups is 2. The number of carbonyl (C=O) groups excluding carboxylic acids is 1. The number of hydrogen-bond acceptors (Lipinski definition) is 4. The Morgan fingerprint density at radius 2 is 1.91 bits per heavy atom. The minimum absolute atomic E-state index is 0.00805. The Kier molecular flexibility index (Phi) is 8.05. The molecule has 3 rings (SSSR count). The lowest BCUT2D eigenvalue weighted by molar-refractivity contribution is 0.0697. The fourth-order valence-corrected chi connectivity index (χ4v) is 3.65. The molecule has 0 atom stereocenters. The molecule has 0 unspecified atom stereocenters. The van der Waals surface area contributed by atoms with Crippen LogP contribution in [0, 0.1) is 0 Å². The summed E-state index contributed by atoms with van der Waals surface area (Å²) in [6.07, 6.45) is 6.36. The van der Waals surface area contributed by atoms with Gasteiger partial charge in [0.05, 0.1) is 22.6 Å². The second kappa shape index (κ2) is 11.2. The molecule has 0 spiro atoms. The van der Waals surface area contributed by atoms with Gasteiger partial charge in [0.15, 0.2) is 0 Å². The third-order valence-corrected chi connectivity index (χ3v) is 5.65. The predicted octanol–water partition coefficient (Wildman–Crippen LogP) is 6.38. The number of allylic oxidation sites excluding steroid dienone is 4. The third-order valence-electron chi connectivity index (χ3n) is 4.65. The first-order valence-electron chi connectivity index (χ1n) is 10.2. The van der Waals surface area contributed by atoms with Crippen molar-refractivity contribution in [1.82, 2.24) is 15.3 Å². The topological polar surface area (TPSA) is 107 Å². The molecule has 9 heteroatoms. The first-order valence-corrected chi connectivity index (χ1v) is 11.0. The van der Waals surface area contributed by atoms with Gasteiger partial charge in [-0.15, -0.1) is 0 Å². The monoisotopic (exact) mass is 478 g/mol. The number of urea groups is 1. The van der Waals surface area contributed by atoms with Crippen molar-refractivity contribution in [2.45, 2.75) is 23.6 Å². The van der Waals surface area contributed by atoms with E-state index in [9.17, 15) is 14.0 Å². The van der Waals surface area contributed by atoms with E-state index < -0.39 is 17.8 Å². The Hall–Kier alpha value is -4.11. The number of hydrogen-bond donors (Lipinski definition) is 4. The summed E-state index contributed by atoms with van der Waals surface area (Å²) >= 11 is 1.49. The van der Waals surface area contributed by atoms with E-state index in [1.807, 2.05) is 31.2 Å². The van der Waals surface area contributed by atoms with E-state index >= 15 is 0 Å². The van der Waals surface area contributed by atoms with Gasteiger partial charge < -0.3 is 20.7 Å². The van der Waals surface area contributed by atoms with Crippen LogP contribution in [0.4, 0.5) is 14.9 Å². The summed E-state index contributed by atoms with van der Waals surface area (Å²) in [5.74, 6) is -1.75. The minimum atomic E-state index is -1.01. The van der Waals surface area contributed by atoms with Crippen molar-refractivity contribution in [1.29, 1.82) is 0 Å². The van der Waals surface area contributed by atoms with E-state index in [-0.39, 0.29) is 11.3 Å². The van der Waals surface area contributed by atoms with E-state index in [1.165, 1.54) is 30.1 Å². The Balaban J connectivity index is 1.65. The Morgan fingerprint density at radius 3 is 2.53 bits per heavy atom. The molecule has 0 saturated carbocycles. The summed E-state index contributed by atoms with van der Waals surface area (Å²) in [5, 5.41) is 14.2. The van der Waals surface area contributed by atoms with Gasteiger partial charge in [-0.3, -0.25) is 4.98 Å². The summed E-state index contributed by atoms with van der Waals surface area (Å²) < 4.78 is 13.6. The third kappa shape index (κ3) is 6.69. The summed E-state index contributed by atoms with van der Waals surface area (Å²) in [7, 11) is 0. The molecule has 1 aromatic carbocycles. The highest BCUT2D eigenvalue weighted by atomic mass is 32.2. The second-order valence-corrected chi connectivity index (χ2v) is 8.33. The van der Waals surface area contributed by atoms with Gasteiger partial charge in [-0.05, 0) is 62.4 Å². The molecular weight excluding hydrogens is 455 g/mol. The summed E-state index contributed by atoms with van der Waals surface area (Å²) in [6.45, 7) is 6.85. The molecule has 2 heterocycles. The first kappa shape index (κ1) is 24.5. The van der Waals surface area contributed by atoms with Gasteiger partial charge in [0.2, 0.25) is 0 Å².